The van der Waals surface area contributed by atoms with Crippen molar-refractivity contribution in [2.45, 2.75) is 276 Å². The monoisotopic (exact) mass is 1470 g/mol. The van der Waals surface area contributed by atoms with E-state index in [2.05, 4.69) is 21.3 Å². The lowest BCUT2D eigenvalue weighted by Crippen LogP contribution is -2.62. The summed E-state index contributed by atoms with van der Waals surface area (Å²) in [5.74, 6) is -9.93. The fourth-order valence-electron chi connectivity index (χ4n) is 15.1. The number of ether oxygens (including phenoxy) is 1. The van der Waals surface area contributed by atoms with Crippen LogP contribution in [0.5, 0.6) is 0 Å². The molecule has 0 radical (unpaired) electrons. The van der Waals surface area contributed by atoms with Crippen LogP contribution in [-0.2, 0) is 62.3 Å². The van der Waals surface area contributed by atoms with Crippen molar-refractivity contribution in [2.24, 2.45) is 41.4 Å². The maximum Gasteiger partial charge on any atom is 0.248 e. The Morgan fingerprint density at radius 2 is 0.981 bits per heavy atom. The van der Waals surface area contributed by atoms with Gasteiger partial charge in [0.15, 0.2) is 0 Å². The number of likely N-dealkylation sites (tertiary alicyclic amines) is 1. The average Bonchev–Trinajstić information content (AvgIpc) is 0.809. The number of rotatable bonds is 20. The van der Waals surface area contributed by atoms with Crippen LogP contribution in [0.1, 0.15) is 205 Å². The normalized spacial score (nSPS) is 28.2. The molecule has 2 heterocycles. The number of halogens is 1. The number of alkyl halides is 1. The van der Waals surface area contributed by atoms with Crippen molar-refractivity contribution in [2.75, 3.05) is 88.8 Å². The average molecular weight is 1480 g/mol. The maximum absolute atomic E-state index is 15.6. The van der Waals surface area contributed by atoms with Gasteiger partial charge in [-0.25, -0.2) is 0 Å². The van der Waals surface area contributed by atoms with Crippen LogP contribution >= 0.6 is 11.6 Å². The van der Waals surface area contributed by atoms with E-state index in [0.717, 1.165) is 66.1 Å². The number of aliphatic hydroxyl groups is 2. The third-order valence-corrected chi connectivity index (χ3v) is 21.6. The highest BCUT2D eigenvalue weighted by Crippen LogP contribution is 2.34. The highest BCUT2D eigenvalue weighted by atomic mass is 35.5. The second-order valence-electron chi connectivity index (χ2n) is 32.0. The Balaban J connectivity index is 2.00. The Labute approximate surface area is 619 Å². The zero-order chi connectivity index (χ0) is 77.4. The molecule has 4 fully saturated rings. The van der Waals surface area contributed by atoms with Gasteiger partial charge in [0.05, 0.1) is 38.9 Å². The van der Waals surface area contributed by atoms with Gasteiger partial charge in [-0.3, -0.25) is 57.5 Å². The first-order valence-corrected chi connectivity index (χ1v) is 38.6. The molecule has 27 nitrogen and oxygen atoms in total. The number of nitrogens with one attached hydrogen (secondary N) is 4. The Morgan fingerprint density at radius 1 is 0.495 bits per heavy atom. The summed E-state index contributed by atoms with van der Waals surface area (Å²) in [5.41, 5.74) is 0. The van der Waals surface area contributed by atoms with E-state index >= 15 is 24.0 Å². The highest BCUT2D eigenvalue weighted by Gasteiger charge is 2.45. The maximum atomic E-state index is 15.6. The lowest BCUT2D eigenvalue weighted by Gasteiger charge is -2.39. The predicted octanol–water partition coefficient (Wildman–Crippen LogP) is 4.54. The largest absolute Gasteiger partial charge is 0.394 e. The van der Waals surface area contributed by atoms with Crippen molar-refractivity contribution in [3.05, 3.63) is 0 Å². The van der Waals surface area contributed by atoms with Gasteiger partial charge in [0, 0.05) is 67.8 Å². The molecule has 4 aliphatic rings. The molecule has 12 amide bonds. The minimum Gasteiger partial charge on any atom is -0.394 e. The molecule has 588 valence electrons. The molecule has 2 saturated carbocycles. The quantitative estimate of drug-likeness (QED) is 0.0720. The predicted molar refractivity (Wildman–Crippen MR) is 394 cm³/mol. The third kappa shape index (κ3) is 26.7. The van der Waals surface area contributed by atoms with Crippen molar-refractivity contribution >= 4 is 82.5 Å². The minimum absolute atomic E-state index is 0.0621. The molecule has 2 saturated heterocycles. The minimum atomic E-state index is -1.65. The van der Waals surface area contributed by atoms with Gasteiger partial charge in [-0.15, -0.1) is 11.6 Å². The second-order valence-corrected chi connectivity index (χ2v) is 32.6. The number of carbonyl (C=O) groups excluding carboxylic acids is 12. The van der Waals surface area contributed by atoms with Gasteiger partial charge in [0.2, 0.25) is 70.9 Å². The lowest BCUT2D eigenvalue weighted by atomic mass is 9.83. The van der Waals surface area contributed by atoms with Gasteiger partial charge in [-0.2, -0.15) is 0 Å². The number of hydrogen-bond acceptors (Lipinski definition) is 15. The van der Waals surface area contributed by atoms with E-state index in [1.807, 2.05) is 55.4 Å². The first-order chi connectivity index (χ1) is 48.3. The molecule has 6 N–H and O–H groups in total. The van der Waals surface area contributed by atoms with Crippen LogP contribution in [0.3, 0.4) is 0 Å². The topological polar surface area (TPSA) is 329 Å². The lowest BCUT2D eigenvalue weighted by molar-refractivity contribution is -0.152. The smallest absolute Gasteiger partial charge is 0.248 e. The van der Waals surface area contributed by atoms with E-state index in [-0.39, 0.29) is 86.0 Å². The molecule has 103 heavy (non-hydrogen) atoms. The van der Waals surface area contributed by atoms with Crippen LogP contribution in [0.15, 0.2) is 0 Å². The van der Waals surface area contributed by atoms with E-state index in [9.17, 15) is 43.8 Å². The molecular formula is C75H131ClN12O15. The zero-order valence-electron chi connectivity index (χ0n) is 65.5. The first kappa shape index (κ1) is 89.2. The zero-order valence-corrected chi connectivity index (χ0v) is 66.3. The van der Waals surface area contributed by atoms with Crippen LogP contribution in [0.4, 0.5) is 0 Å². The van der Waals surface area contributed by atoms with Crippen LogP contribution in [0.2, 0.25) is 0 Å². The summed E-state index contributed by atoms with van der Waals surface area (Å²) in [5, 5.41) is 32.3. The summed E-state index contributed by atoms with van der Waals surface area (Å²) in [6.07, 6.45) is 8.95. The van der Waals surface area contributed by atoms with Crippen molar-refractivity contribution in [1.82, 2.24) is 60.5 Å². The molecule has 0 spiro atoms. The van der Waals surface area contributed by atoms with Gasteiger partial charge in [-0.05, 0) is 125 Å². The van der Waals surface area contributed by atoms with Crippen molar-refractivity contribution in [3.63, 3.8) is 0 Å². The fraction of sp³-hybridized carbons (Fsp3) is 0.840. The number of likely N-dealkylation sites (N-methyl/N-ethyl adjacent to an activating group) is 7. The van der Waals surface area contributed by atoms with Gasteiger partial charge in [0.1, 0.15) is 60.4 Å². The van der Waals surface area contributed by atoms with Crippen molar-refractivity contribution in [3.8, 4) is 0 Å². The molecule has 0 bridgehead atoms. The van der Waals surface area contributed by atoms with E-state index in [0.29, 0.717) is 45.2 Å². The summed E-state index contributed by atoms with van der Waals surface area (Å²) < 4.78 is 5.75. The molecule has 2 aliphatic carbocycles. The van der Waals surface area contributed by atoms with Gasteiger partial charge >= 0.3 is 0 Å². The second kappa shape index (κ2) is 42.8. The molecule has 0 aromatic rings. The summed E-state index contributed by atoms with van der Waals surface area (Å²) >= 11 is 6.82. The molecule has 13 atom stereocenters. The third-order valence-electron chi connectivity index (χ3n) is 21.2. The number of amides is 12. The van der Waals surface area contributed by atoms with Crippen LogP contribution in [0.25, 0.3) is 0 Å². The molecule has 0 aromatic heterocycles. The van der Waals surface area contributed by atoms with Crippen molar-refractivity contribution in [1.29, 1.82) is 0 Å². The highest BCUT2D eigenvalue weighted by molar-refractivity contribution is 6.20. The Morgan fingerprint density at radius 3 is 1.53 bits per heavy atom. The van der Waals surface area contributed by atoms with E-state index < -0.39 is 170 Å². The summed E-state index contributed by atoms with van der Waals surface area (Å²) in [7, 11) is 9.92. The SMILES string of the molecule is CC(C)C[C@@H]1NC(=O)[C@H](CC2CCCC(Cl)C2)N(C)C(=O)[C@H](CC(C)C)N(C)C(=O)[C@H](COCCO)NC(=O)[C@H](C(C)C)N(C)C(=O)C[C@@H](C(=O)N2CCCCC2)NC(=O)[C@H](CC(C)C)N(C)C(=O)CN(C)C(=O)[C@H]([C@@H](C)O)NC(=O)[C@H](CC(C)C)N(C)C(=O)[C@H](CCC2CCCCC2)N(C)C1=O. The molecule has 28 heteroatoms. The van der Waals surface area contributed by atoms with Gasteiger partial charge in [0.25, 0.3) is 0 Å². The number of hydrogen-bond donors (Lipinski definition) is 6. The molecule has 2 aliphatic heterocycles. The first-order valence-electron chi connectivity index (χ1n) is 38.2. The number of piperidine rings is 1. The van der Waals surface area contributed by atoms with Crippen LogP contribution < -0.4 is 21.3 Å². The van der Waals surface area contributed by atoms with E-state index in [1.54, 1.807) is 18.7 Å². The summed E-state index contributed by atoms with van der Waals surface area (Å²) in [6.45, 7) is 18.4. The Bertz CT molecular complexity index is 2820. The number of aliphatic hydroxyl groups excluding tert-OH is 2. The summed E-state index contributed by atoms with van der Waals surface area (Å²) in [6, 6.07) is -13.4. The Kier molecular flexibility index (Phi) is 37.1. The standard InChI is InChI=1S/C75H131ClN12O15/c1-45(2)36-54-70(97)83(14)57(31-30-51-26-21-19-22-27-51)73(100)84(15)59(38-47(5)6)68(95)80-64(50(11)90)75(102)81(12)43-63(92)82(13)58(37-46(3)4)66(93)78-55(72(99)88-32-23-20-24-33-88)42-62(91)87(18)65(49(9)10)69(96)79-56(44-103-35-34-89)71(98)86(17)61(39-48(7)8)74(101)85(16)60(67(94)77-54)41-52-28-25-29-53(76)40-52/h45-61,64-65,89-90H,19-44H2,1-18H3,(H,77,94)(H,78,93)(H,79,96)(H,80,95)/t50-,52?,53?,54+,55+,56+,57+,58+,59+,60+,61+,64+,65+/m1/s1. The number of carbonyl (C=O) groups is 12. The van der Waals surface area contributed by atoms with Crippen LogP contribution in [0, 0.1) is 41.4 Å². The van der Waals surface area contributed by atoms with Gasteiger partial charge < -0.3 is 75.4 Å². The van der Waals surface area contributed by atoms with Gasteiger partial charge in [-0.1, -0.05) is 114 Å². The molecule has 2 unspecified atom stereocenters. The van der Waals surface area contributed by atoms with E-state index in [1.165, 1.54) is 75.9 Å². The number of nitrogens with zero attached hydrogens (tertiary/aromatic N) is 8. The van der Waals surface area contributed by atoms with Crippen molar-refractivity contribution < 1.29 is 72.5 Å². The molecular weight excluding hydrogens is 1340 g/mol. The van der Waals surface area contributed by atoms with Crippen LogP contribution in [-0.4, -0.2) is 281 Å². The molecule has 4 rings (SSSR count). The van der Waals surface area contributed by atoms with E-state index in [4.69, 9.17) is 16.3 Å². The molecule has 0 aromatic carbocycles. The fourth-order valence-corrected chi connectivity index (χ4v) is 15.5. The summed E-state index contributed by atoms with van der Waals surface area (Å²) in [4.78, 5) is 191. The Hall–Kier alpha value is -6.19.